The van der Waals surface area contributed by atoms with Crippen molar-refractivity contribution < 1.29 is 67.7 Å². The third-order valence-electron chi connectivity index (χ3n) is 13.2. The number of H-pyrrole nitrogens is 1. The fourth-order valence-corrected chi connectivity index (χ4v) is 8.93. The lowest BCUT2D eigenvalue weighted by atomic mass is 10.0. The maximum Gasteiger partial charge on any atom is 0.326 e. The summed E-state index contributed by atoms with van der Waals surface area (Å²) in [5.41, 5.74) is 23.5. The van der Waals surface area contributed by atoms with Crippen LogP contribution in [0.25, 0.3) is 10.9 Å². The molecule has 0 bridgehead atoms. The molecular formula is C49H73N15O14. The van der Waals surface area contributed by atoms with Crippen molar-refractivity contribution in [1.82, 2.24) is 52.0 Å². The number of hydrogen-bond acceptors (Lipinski definition) is 14. The average molecular weight is 1100 g/mol. The number of carbonyl (C=O) groups is 12. The van der Waals surface area contributed by atoms with Crippen LogP contribution in [0.2, 0.25) is 0 Å². The van der Waals surface area contributed by atoms with E-state index >= 15 is 0 Å². The Morgan fingerprint density at radius 3 is 1.94 bits per heavy atom. The van der Waals surface area contributed by atoms with Gasteiger partial charge in [-0.1, -0.05) is 32.0 Å². The molecule has 0 saturated carbocycles. The van der Waals surface area contributed by atoms with Gasteiger partial charge < -0.3 is 85.1 Å². The first-order chi connectivity index (χ1) is 36.8. The second-order valence-electron chi connectivity index (χ2n) is 19.6. The van der Waals surface area contributed by atoms with Gasteiger partial charge in [-0.2, -0.15) is 0 Å². The van der Waals surface area contributed by atoms with Crippen molar-refractivity contribution >= 4 is 87.9 Å². The quantitative estimate of drug-likeness (QED) is 0.0208. The fraction of sp³-hybridized carbons (Fsp3) is 0.571. The summed E-state index contributed by atoms with van der Waals surface area (Å²) in [7, 11) is 0. The standard InChI is InChI=1S/C49H73N15O14/c1-24(2)39(48(77)78)62-41(70)26(4)57-40(69)25(3)58-45(74)35-14-9-19-64(35)47(76)33(21-38(67)68)61-46(75)34-13-8-18-63(34)37(66)23-56-43(72)32(20-27-22-55-30-12-6-5-10-28(27)30)60-44(73)31(15-16-36(51)65)59-42(71)29(50)11-7-17-54-49(52)53/h5-6,10,12,22,24-26,29,31-35,39,55H,7-9,11,13-21,23,50H2,1-4H3,(H2,51,65)(H,56,72)(H,57,69)(H,58,74)(H,59,71)(H,60,73)(H,61,75)(H,62,70)(H,67,68)(H,77,78)(H4,52,53,54)/t25-,26-,29-,31-,32-,33-,34-,35-,39-/m0/s1. The molecule has 9 atom stereocenters. The normalized spacial score (nSPS) is 17.7. The Morgan fingerprint density at radius 2 is 1.31 bits per heavy atom. The Morgan fingerprint density at radius 1 is 0.705 bits per heavy atom. The molecule has 2 aromatic rings. The number of carboxylic acid groups (broad SMARTS) is 2. The van der Waals surface area contributed by atoms with Gasteiger partial charge in [-0.15, -0.1) is 0 Å². The van der Waals surface area contributed by atoms with E-state index in [9.17, 15) is 67.7 Å². The van der Waals surface area contributed by atoms with Crippen LogP contribution in [0.15, 0.2) is 35.5 Å². The number of carboxylic acids is 2. The summed E-state index contributed by atoms with van der Waals surface area (Å²) in [6, 6.07) is -4.57. The van der Waals surface area contributed by atoms with Gasteiger partial charge in [0.1, 0.15) is 48.3 Å². The van der Waals surface area contributed by atoms with E-state index in [-0.39, 0.29) is 64.1 Å². The molecule has 428 valence electrons. The molecule has 10 amide bonds. The molecule has 2 aliphatic rings. The van der Waals surface area contributed by atoms with Crippen molar-refractivity contribution in [2.24, 2.45) is 33.8 Å². The van der Waals surface area contributed by atoms with Crippen LogP contribution in [0.5, 0.6) is 0 Å². The summed E-state index contributed by atoms with van der Waals surface area (Å²) >= 11 is 0. The highest BCUT2D eigenvalue weighted by atomic mass is 16.4. The summed E-state index contributed by atoms with van der Waals surface area (Å²) in [4.78, 5) is 167. The van der Waals surface area contributed by atoms with Crippen LogP contribution < -0.4 is 60.2 Å². The SMILES string of the molecule is CC(C)[C@H](NC(=O)[C@H](C)NC(=O)[C@H](C)NC(=O)[C@@H]1CCCN1C(=O)[C@H](CC(=O)O)NC(=O)[C@@H]1CCCN1C(=O)CNC(=O)[C@H](Cc1c[nH]c2ccccc12)NC(=O)[C@H](CCC(N)=O)NC(=O)[C@@H](N)CCCN=C(N)N)C(=O)O. The Balaban J connectivity index is 1.43. The summed E-state index contributed by atoms with van der Waals surface area (Å²) in [6.07, 6.45) is 1.25. The van der Waals surface area contributed by atoms with Crippen molar-refractivity contribution in [2.45, 2.75) is 146 Å². The van der Waals surface area contributed by atoms with E-state index in [2.05, 4.69) is 47.2 Å². The second-order valence-corrected chi connectivity index (χ2v) is 19.6. The molecule has 1 aromatic carbocycles. The van der Waals surface area contributed by atoms with Crippen LogP contribution in [0.1, 0.15) is 91.0 Å². The number of aliphatic carboxylic acids is 2. The Kier molecular flexibility index (Phi) is 23.3. The van der Waals surface area contributed by atoms with Gasteiger partial charge in [0.25, 0.3) is 0 Å². The van der Waals surface area contributed by atoms with Gasteiger partial charge >= 0.3 is 11.9 Å². The lowest BCUT2D eigenvalue weighted by Crippen LogP contribution is -2.59. The summed E-state index contributed by atoms with van der Waals surface area (Å²) in [6.45, 7) is 5.33. The van der Waals surface area contributed by atoms with Crippen molar-refractivity contribution in [1.29, 1.82) is 0 Å². The second kappa shape index (κ2) is 29.2. The predicted octanol–water partition coefficient (Wildman–Crippen LogP) is -4.38. The summed E-state index contributed by atoms with van der Waals surface area (Å²) < 4.78 is 0. The number of aromatic amines is 1. The zero-order valence-corrected chi connectivity index (χ0v) is 44.0. The molecule has 18 N–H and O–H groups in total. The minimum Gasteiger partial charge on any atom is -0.481 e. The van der Waals surface area contributed by atoms with E-state index in [0.717, 1.165) is 9.80 Å². The molecule has 2 saturated heterocycles. The minimum absolute atomic E-state index is 0.0175. The number of amides is 10. The number of likely N-dealkylation sites (tertiary alicyclic amines) is 2. The van der Waals surface area contributed by atoms with Crippen LogP contribution in [0, 0.1) is 5.92 Å². The molecule has 2 aliphatic heterocycles. The number of fused-ring (bicyclic) bond motifs is 1. The van der Waals surface area contributed by atoms with Gasteiger partial charge in [0, 0.05) is 49.6 Å². The van der Waals surface area contributed by atoms with Crippen molar-refractivity contribution in [2.75, 3.05) is 26.2 Å². The smallest absolute Gasteiger partial charge is 0.326 e. The number of aliphatic imine (C=N–C) groups is 1. The molecule has 0 spiro atoms. The number of aromatic nitrogens is 1. The van der Waals surface area contributed by atoms with Crippen LogP contribution in [-0.4, -0.2) is 183 Å². The molecule has 0 aliphatic carbocycles. The van der Waals surface area contributed by atoms with E-state index in [1.54, 1.807) is 44.3 Å². The maximum atomic E-state index is 14.1. The van der Waals surface area contributed by atoms with Crippen LogP contribution in [0.4, 0.5) is 0 Å². The number of nitrogens with one attached hydrogen (secondary N) is 8. The number of benzene rings is 1. The Hall–Kier alpha value is -8.37. The average Bonchev–Trinajstić information content (AvgIpc) is 4.18. The molecule has 3 heterocycles. The topological polar surface area (TPSA) is 468 Å². The molecule has 1 aromatic heterocycles. The minimum atomic E-state index is -1.71. The first-order valence-corrected chi connectivity index (χ1v) is 25.6. The van der Waals surface area contributed by atoms with Gasteiger partial charge in [0.05, 0.1) is 19.0 Å². The molecule has 29 nitrogen and oxygen atoms in total. The van der Waals surface area contributed by atoms with Gasteiger partial charge in [0.2, 0.25) is 59.1 Å². The first-order valence-electron chi connectivity index (χ1n) is 25.6. The Labute approximate surface area is 448 Å². The number of nitrogens with two attached hydrogens (primary N) is 4. The number of nitrogens with zero attached hydrogens (tertiary/aromatic N) is 3. The third kappa shape index (κ3) is 18.1. The maximum absolute atomic E-state index is 14.1. The van der Waals surface area contributed by atoms with E-state index in [1.807, 2.05) is 0 Å². The molecule has 29 heteroatoms. The predicted molar refractivity (Wildman–Crippen MR) is 278 cm³/mol. The van der Waals surface area contributed by atoms with Gasteiger partial charge in [-0.25, -0.2) is 4.79 Å². The van der Waals surface area contributed by atoms with Gasteiger partial charge in [-0.05, 0) is 76.3 Å². The lowest BCUT2D eigenvalue weighted by molar-refractivity contribution is -0.147. The van der Waals surface area contributed by atoms with Gasteiger partial charge in [-0.3, -0.25) is 57.7 Å². The highest BCUT2D eigenvalue weighted by Crippen LogP contribution is 2.23. The van der Waals surface area contributed by atoms with E-state index in [1.165, 1.54) is 13.8 Å². The molecular weight excluding hydrogens is 1020 g/mol. The summed E-state index contributed by atoms with van der Waals surface area (Å²) in [5.74, 6) is -11.5. The van der Waals surface area contributed by atoms with Crippen molar-refractivity contribution in [3.05, 3.63) is 36.0 Å². The Bertz CT molecular complexity index is 2580. The van der Waals surface area contributed by atoms with Crippen molar-refractivity contribution in [3.63, 3.8) is 0 Å². The zero-order chi connectivity index (χ0) is 58.0. The largest absolute Gasteiger partial charge is 0.481 e. The molecule has 78 heavy (non-hydrogen) atoms. The molecule has 2 fully saturated rings. The summed E-state index contributed by atoms with van der Waals surface area (Å²) in [5, 5.41) is 37.3. The van der Waals surface area contributed by atoms with Crippen molar-refractivity contribution in [3.8, 4) is 0 Å². The van der Waals surface area contributed by atoms with Gasteiger partial charge in [0.15, 0.2) is 5.96 Å². The molecule has 0 radical (unpaired) electrons. The number of hydrogen-bond donors (Lipinski definition) is 14. The third-order valence-corrected chi connectivity index (χ3v) is 13.2. The number of primary amides is 1. The number of rotatable bonds is 29. The molecule has 4 rings (SSSR count). The number of carbonyl (C=O) groups excluding carboxylic acids is 10. The van der Waals surface area contributed by atoms with Crippen LogP contribution in [0.3, 0.4) is 0 Å². The highest BCUT2D eigenvalue weighted by molar-refractivity contribution is 5.99. The first kappa shape index (κ1) is 62.2. The van der Waals surface area contributed by atoms with Crippen LogP contribution >= 0.6 is 0 Å². The fourth-order valence-electron chi connectivity index (χ4n) is 8.93. The molecule has 0 unspecified atom stereocenters. The highest BCUT2D eigenvalue weighted by Gasteiger charge is 2.42. The van der Waals surface area contributed by atoms with E-state index < -0.39 is 144 Å². The number of guanidine groups is 1. The monoisotopic (exact) mass is 1100 g/mol. The van der Waals surface area contributed by atoms with E-state index in [4.69, 9.17) is 22.9 Å². The lowest BCUT2D eigenvalue weighted by Gasteiger charge is -2.30. The van der Waals surface area contributed by atoms with Crippen LogP contribution in [-0.2, 0) is 64.0 Å². The number of para-hydroxylation sites is 1. The zero-order valence-electron chi connectivity index (χ0n) is 44.0. The van der Waals surface area contributed by atoms with E-state index in [0.29, 0.717) is 35.7 Å².